The summed E-state index contributed by atoms with van der Waals surface area (Å²) in [4.78, 5) is 2.30. The molecule has 0 bridgehead atoms. The zero-order valence-electron chi connectivity index (χ0n) is 11.9. The number of hydrogen-bond acceptors (Lipinski definition) is 3. The molecule has 0 amide bonds. The van der Waals surface area contributed by atoms with Crippen LogP contribution < -0.4 is 0 Å². The van der Waals surface area contributed by atoms with Gasteiger partial charge in [0.1, 0.15) is 5.82 Å². The monoisotopic (exact) mass is 281 g/mol. The van der Waals surface area contributed by atoms with Gasteiger partial charge in [-0.15, -0.1) is 0 Å². The Morgan fingerprint density at radius 1 is 1.15 bits per heavy atom. The molecule has 4 heteroatoms. The number of hydrogen-bond donors (Lipinski definition) is 1. The summed E-state index contributed by atoms with van der Waals surface area (Å²) in [6.45, 7) is 3.24. The number of rotatable bonds is 6. The third kappa shape index (κ3) is 5.19. The molecule has 0 aliphatic carbocycles. The first kappa shape index (κ1) is 15.4. The highest BCUT2D eigenvalue weighted by molar-refractivity contribution is 5.16. The highest BCUT2D eigenvalue weighted by Gasteiger charge is 2.14. The van der Waals surface area contributed by atoms with Crippen LogP contribution in [0, 0.1) is 5.82 Å². The number of ether oxygens (including phenoxy) is 1. The Balaban J connectivity index is 1.67. The Bertz CT molecular complexity index is 392. The fraction of sp³-hybridized carbons (Fsp3) is 0.625. The summed E-state index contributed by atoms with van der Waals surface area (Å²) in [7, 11) is 0. The van der Waals surface area contributed by atoms with Crippen molar-refractivity contribution in [1.29, 1.82) is 0 Å². The van der Waals surface area contributed by atoms with Crippen molar-refractivity contribution in [3.63, 3.8) is 0 Å². The van der Waals surface area contributed by atoms with Crippen LogP contribution in [0.4, 0.5) is 4.39 Å². The molecule has 1 atom stereocenters. The van der Waals surface area contributed by atoms with Crippen LogP contribution in [0.3, 0.4) is 0 Å². The first-order valence-electron chi connectivity index (χ1n) is 7.47. The van der Waals surface area contributed by atoms with E-state index >= 15 is 0 Å². The van der Waals surface area contributed by atoms with Crippen molar-refractivity contribution in [2.45, 2.75) is 38.4 Å². The molecule has 2 rings (SSSR count). The normalized spacial score (nSPS) is 18.7. The van der Waals surface area contributed by atoms with E-state index < -0.39 is 6.10 Å². The van der Waals surface area contributed by atoms with Crippen molar-refractivity contribution in [1.82, 2.24) is 4.90 Å². The minimum Gasteiger partial charge on any atom is -0.389 e. The van der Waals surface area contributed by atoms with Crippen molar-refractivity contribution in [2.75, 3.05) is 26.2 Å². The number of β-amino-alcohol motifs (C(OH)–C–C–N with tert-alkyl or cyclic N) is 1. The summed E-state index contributed by atoms with van der Waals surface area (Å²) in [5, 5.41) is 9.98. The summed E-state index contributed by atoms with van der Waals surface area (Å²) in [6, 6.07) is 6.57. The van der Waals surface area contributed by atoms with Gasteiger partial charge in [0.05, 0.1) is 19.3 Å². The van der Waals surface area contributed by atoms with Crippen molar-refractivity contribution in [2.24, 2.45) is 0 Å². The Hall–Kier alpha value is -0.970. The Kier molecular flexibility index (Phi) is 6.43. The molecule has 1 heterocycles. The zero-order valence-corrected chi connectivity index (χ0v) is 11.9. The highest BCUT2D eigenvalue weighted by atomic mass is 19.1. The van der Waals surface area contributed by atoms with Crippen LogP contribution in [0.25, 0.3) is 0 Å². The van der Waals surface area contributed by atoms with Gasteiger partial charge in [0.25, 0.3) is 0 Å². The first-order valence-corrected chi connectivity index (χ1v) is 7.47. The summed E-state index contributed by atoms with van der Waals surface area (Å²) in [5.74, 6) is -0.255. The van der Waals surface area contributed by atoms with E-state index in [2.05, 4.69) is 4.90 Å². The molecule has 1 aromatic rings. The van der Waals surface area contributed by atoms with Crippen LogP contribution in [0.15, 0.2) is 24.3 Å². The van der Waals surface area contributed by atoms with Crippen molar-refractivity contribution >= 4 is 0 Å². The second kappa shape index (κ2) is 8.35. The molecule has 0 spiro atoms. The molecule has 20 heavy (non-hydrogen) atoms. The lowest BCUT2D eigenvalue weighted by molar-refractivity contribution is 0.00965. The highest BCUT2D eigenvalue weighted by Crippen LogP contribution is 2.11. The molecule has 1 aliphatic rings. The number of nitrogens with zero attached hydrogens (tertiary/aromatic N) is 1. The Labute approximate surface area is 120 Å². The molecule has 112 valence electrons. The predicted molar refractivity (Wildman–Crippen MR) is 77.0 cm³/mol. The lowest BCUT2D eigenvalue weighted by Gasteiger charge is -2.23. The third-order valence-electron chi connectivity index (χ3n) is 3.69. The molecular formula is C16H24FNO2. The van der Waals surface area contributed by atoms with E-state index in [4.69, 9.17) is 4.74 Å². The molecule has 1 aliphatic heterocycles. The molecule has 1 saturated heterocycles. The maximum absolute atomic E-state index is 13.4. The SMILES string of the molecule is O[C@H](COCc1ccccc1F)CN1CCCCCC1. The van der Waals surface area contributed by atoms with Crippen molar-refractivity contribution < 1.29 is 14.2 Å². The van der Waals surface area contributed by atoms with Crippen molar-refractivity contribution in [3.8, 4) is 0 Å². The maximum Gasteiger partial charge on any atom is 0.128 e. The van der Waals surface area contributed by atoms with Gasteiger partial charge in [-0.2, -0.15) is 0 Å². The molecule has 1 N–H and O–H groups in total. The van der Waals surface area contributed by atoms with Crippen LogP contribution in [-0.4, -0.2) is 42.4 Å². The lowest BCUT2D eigenvalue weighted by Crippen LogP contribution is -2.35. The number of halogens is 1. The van der Waals surface area contributed by atoms with E-state index in [1.165, 1.54) is 31.7 Å². The largest absolute Gasteiger partial charge is 0.389 e. The molecule has 1 fully saturated rings. The van der Waals surface area contributed by atoms with Gasteiger partial charge in [-0.1, -0.05) is 31.0 Å². The summed E-state index contributed by atoms with van der Waals surface area (Å²) >= 11 is 0. The van der Waals surface area contributed by atoms with E-state index in [9.17, 15) is 9.50 Å². The first-order chi connectivity index (χ1) is 9.75. The van der Waals surface area contributed by atoms with Gasteiger partial charge >= 0.3 is 0 Å². The minimum atomic E-state index is -0.500. The third-order valence-corrected chi connectivity index (χ3v) is 3.69. The fourth-order valence-electron chi connectivity index (χ4n) is 2.59. The molecule has 0 aromatic heterocycles. The minimum absolute atomic E-state index is 0.212. The van der Waals surface area contributed by atoms with Gasteiger partial charge in [0.2, 0.25) is 0 Å². The standard InChI is InChI=1S/C16H24FNO2/c17-16-8-4-3-7-14(16)12-20-13-15(19)11-18-9-5-1-2-6-10-18/h3-4,7-8,15,19H,1-2,5-6,9-13H2/t15-/m0/s1. The van der Waals surface area contributed by atoms with Crippen LogP contribution in [0.1, 0.15) is 31.2 Å². The summed E-state index contributed by atoms with van der Waals surface area (Å²) in [6.07, 6.45) is 4.50. The topological polar surface area (TPSA) is 32.7 Å². The van der Waals surface area contributed by atoms with Crippen LogP contribution in [-0.2, 0) is 11.3 Å². The molecular weight excluding hydrogens is 257 g/mol. The average molecular weight is 281 g/mol. The Morgan fingerprint density at radius 3 is 2.55 bits per heavy atom. The second-order valence-electron chi connectivity index (χ2n) is 5.48. The van der Waals surface area contributed by atoms with Gasteiger partial charge in [-0.3, -0.25) is 0 Å². The number of benzene rings is 1. The smallest absolute Gasteiger partial charge is 0.128 e. The maximum atomic E-state index is 13.4. The molecule has 3 nitrogen and oxygen atoms in total. The number of aliphatic hydroxyl groups is 1. The molecule has 1 aromatic carbocycles. The van der Waals surface area contributed by atoms with Gasteiger partial charge in [0.15, 0.2) is 0 Å². The van der Waals surface area contributed by atoms with Crippen LogP contribution in [0.5, 0.6) is 0 Å². The van der Waals surface area contributed by atoms with Crippen LogP contribution in [0.2, 0.25) is 0 Å². The summed E-state index contributed by atoms with van der Waals surface area (Å²) in [5.41, 5.74) is 0.537. The van der Waals surface area contributed by atoms with Gasteiger partial charge in [-0.25, -0.2) is 4.39 Å². The van der Waals surface area contributed by atoms with E-state index in [-0.39, 0.29) is 19.0 Å². The quantitative estimate of drug-likeness (QED) is 0.870. The van der Waals surface area contributed by atoms with Crippen molar-refractivity contribution in [3.05, 3.63) is 35.6 Å². The summed E-state index contributed by atoms with van der Waals surface area (Å²) < 4.78 is 18.8. The second-order valence-corrected chi connectivity index (χ2v) is 5.48. The zero-order chi connectivity index (χ0) is 14.2. The lowest BCUT2D eigenvalue weighted by atomic mass is 10.2. The van der Waals surface area contributed by atoms with Crippen LogP contribution >= 0.6 is 0 Å². The Morgan fingerprint density at radius 2 is 1.85 bits per heavy atom. The number of aliphatic hydroxyl groups excluding tert-OH is 1. The molecule has 0 saturated carbocycles. The van der Waals surface area contributed by atoms with E-state index in [1.54, 1.807) is 18.2 Å². The van der Waals surface area contributed by atoms with E-state index in [0.717, 1.165) is 13.1 Å². The fourth-order valence-corrected chi connectivity index (χ4v) is 2.59. The molecule has 0 radical (unpaired) electrons. The molecule has 0 unspecified atom stereocenters. The van der Waals surface area contributed by atoms with Gasteiger partial charge in [0, 0.05) is 12.1 Å². The average Bonchev–Trinajstić information content (AvgIpc) is 2.69. The van der Waals surface area contributed by atoms with Gasteiger partial charge in [-0.05, 0) is 32.0 Å². The van der Waals surface area contributed by atoms with E-state index in [0.29, 0.717) is 12.1 Å². The predicted octanol–water partition coefficient (Wildman–Crippen LogP) is 2.58. The number of likely N-dealkylation sites (tertiary alicyclic amines) is 1. The van der Waals surface area contributed by atoms with E-state index in [1.807, 2.05) is 0 Å². The van der Waals surface area contributed by atoms with Gasteiger partial charge < -0.3 is 14.7 Å².